The summed E-state index contributed by atoms with van der Waals surface area (Å²) >= 11 is 18.8. The van der Waals surface area contributed by atoms with E-state index >= 15 is 0 Å². The number of aliphatic hydroxyl groups excluding tert-OH is 3. The van der Waals surface area contributed by atoms with Crippen molar-refractivity contribution in [2.45, 2.75) is 88.1 Å². The Balaban J connectivity index is 0.000000191. The lowest BCUT2D eigenvalue weighted by Gasteiger charge is -2.31. The van der Waals surface area contributed by atoms with Gasteiger partial charge in [-0.15, -0.1) is 0 Å². The Morgan fingerprint density at radius 3 is 1.78 bits per heavy atom. The molecular formula is C33H40Br2Cl2N6O6. The van der Waals surface area contributed by atoms with Gasteiger partial charge in [-0.1, -0.05) is 23.2 Å². The zero-order chi connectivity index (χ0) is 35.2. The van der Waals surface area contributed by atoms with Crippen molar-refractivity contribution in [1.29, 1.82) is 0 Å². The Labute approximate surface area is 310 Å². The number of aromatic nitrogens is 4. The largest absolute Gasteiger partial charge is 0.392 e. The molecule has 0 radical (unpaired) electrons. The number of benzene rings is 2. The Bertz CT molecular complexity index is 1880. The number of nitrogens with one attached hydrogen (secondary N) is 2. The Hall–Kier alpha value is -1.98. The topological polar surface area (TPSA) is 164 Å². The van der Waals surface area contributed by atoms with Gasteiger partial charge in [0.05, 0.1) is 82.0 Å². The highest BCUT2D eigenvalue weighted by atomic mass is 79.9. The zero-order valence-electron chi connectivity index (χ0n) is 26.9. The fourth-order valence-electron chi connectivity index (χ4n) is 6.26. The van der Waals surface area contributed by atoms with Gasteiger partial charge in [-0.3, -0.25) is 18.7 Å². The van der Waals surface area contributed by atoms with Crippen molar-refractivity contribution in [3.8, 4) is 0 Å². The van der Waals surface area contributed by atoms with Crippen LogP contribution < -0.4 is 21.8 Å². The van der Waals surface area contributed by atoms with Crippen molar-refractivity contribution in [3.05, 3.63) is 76.6 Å². The van der Waals surface area contributed by atoms with E-state index in [2.05, 4.69) is 52.5 Å². The van der Waals surface area contributed by atoms with Crippen LogP contribution in [0.3, 0.4) is 0 Å². The first-order chi connectivity index (χ1) is 23.4. The number of piperidine rings is 2. The Morgan fingerprint density at radius 2 is 1.31 bits per heavy atom. The number of hydrogen-bond acceptors (Lipinski definition) is 10. The van der Waals surface area contributed by atoms with Crippen molar-refractivity contribution in [1.82, 2.24) is 29.7 Å². The van der Waals surface area contributed by atoms with Gasteiger partial charge < -0.3 is 30.7 Å². The minimum atomic E-state index is -0.752. The van der Waals surface area contributed by atoms with Gasteiger partial charge >= 0.3 is 0 Å². The maximum atomic E-state index is 12.7. The molecule has 4 heterocycles. The third-order valence-electron chi connectivity index (χ3n) is 9.01. The second-order valence-corrected chi connectivity index (χ2v) is 15.0. The van der Waals surface area contributed by atoms with E-state index in [0.717, 1.165) is 38.8 Å². The molecule has 0 bridgehead atoms. The van der Waals surface area contributed by atoms with E-state index in [4.69, 9.17) is 27.9 Å². The molecule has 6 atom stereocenters. The van der Waals surface area contributed by atoms with Crippen LogP contribution in [0.1, 0.15) is 38.5 Å². The monoisotopic (exact) mass is 844 g/mol. The highest BCUT2D eigenvalue weighted by molar-refractivity contribution is 9.10. The molecule has 4 aromatic rings. The van der Waals surface area contributed by atoms with Crippen LogP contribution in [0.15, 0.2) is 55.5 Å². The standard InChI is InChI=1S/C17H21BrClN3O3.C16H19BrClN3O3/c1-25-10(5-15-16(23)3-2-4-20-15)8-22-9-21-14-7-12(18)13(19)6-11(14)17(22)24;17-11-6-13-10(5-12(11)18)16(24)21(8-20-13)7-9(22)4-14-15(23)2-1-3-19-14/h6-7,9-10,15-16,20,23H,2-5,8H2,1H3;5-6,8-9,14-15,19,22-23H,1-4,7H2/t10-,15+,16-;9-,14+,15-/m00/s1. The molecule has 2 aromatic carbocycles. The van der Waals surface area contributed by atoms with Crippen LogP contribution in [0.4, 0.5) is 0 Å². The number of methoxy groups -OCH3 is 1. The summed E-state index contributed by atoms with van der Waals surface area (Å²) in [5, 5.41) is 38.7. The van der Waals surface area contributed by atoms with E-state index in [1.165, 1.54) is 21.8 Å². The third-order valence-corrected chi connectivity index (χ3v) is 11.4. The van der Waals surface area contributed by atoms with E-state index in [9.17, 15) is 24.9 Å². The number of rotatable bonds is 9. The van der Waals surface area contributed by atoms with Crippen LogP contribution in [0.25, 0.3) is 21.8 Å². The van der Waals surface area contributed by atoms with Crippen LogP contribution in [0.2, 0.25) is 10.0 Å². The maximum absolute atomic E-state index is 12.7. The number of hydrogen-bond donors (Lipinski definition) is 5. The molecule has 0 amide bonds. The fraction of sp³-hybridized carbons (Fsp3) is 0.515. The predicted molar refractivity (Wildman–Crippen MR) is 198 cm³/mol. The first-order valence-electron chi connectivity index (χ1n) is 16.2. The molecule has 0 saturated carbocycles. The fourth-order valence-corrected chi connectivity index (χ4v) is 7.25. The molecule has 6 rings (SSSR count). The van der Waals surface area contributed by atoms with Crippen LogP contribution in [-0.2, 0) is 17.8 Å². The second kappa shape index (κ2) is 17.5. The minimum absolute atomic E-state index is 0.0202. The molecule has 2 aromatic heterocycles. The SMILES string of the molecule is CO[C@@H](C[C@H]1NCCC[C@@H]1O)Cn1cnc2cc(Br)c(Cl)cc2c1=O.O=c1c2cc(Cl)c(Br)cc2ncn1C[C@@H](O)C[C@H]1NCCC[C@@H]1O. The first kappa shape index (κ1) is 38.3. The molecule has 16 heteroatoms. The summed E-state index contributed by atoms with van der Waals surface area (Å²) < 4.78 is 9.85. The minimum Gasteiger partial charge on any atom is -0.392 e. The molecule has 12 nitrogen and oxygen atoms in total. The van der Waals surface area contributed by atoms with Gasteiger partial charge in [0.15, 0.2) is 0 Å². The lowest BCUT2D eigenvalue weighted by Crippen LogP contribution is -2.47. The van der Waals surface area contributed by atoms with E-state index in [0.29, 0.717) is 60.2 Å². The molecule has 2 aliphatic rings. The van der Waals surface area contributed by atoms with Crippen LogP contribution in [0, 0.1) is 0 Å². The maximum Gasteiger partial charge on any atom is 0.261 e. The zero-order valence-corrected chi connectivity index (χ0v) is 31.6. The number of nitrogens with zero attached hydrogens (tertiary/aromatic N) is 4. The van der Waals surface area contributed by atoms with Crippen molar-refractivity contribution >= 4 is 76.9 Å². The number of fused-ring (bicyclic) bond motifs is 2. The quantitative estimate of drug-likeness (QED) is 0.167. The van der Waals surface area contributed by atoms with Crippen LogP contribution >= 0.6 is 55.1 Å². The Kier molecular flexibility index (Phi) is 13.7. The van der Waals surface area contributed by atoms with Gasteiger partial charge in [0.2, 0.25) is 0 Å². The average molecular weight is 847 g/mol. The van der Waals surface area contributed by atoms with Crippen molar-refractivity contribution < 1.29 is 20.1 Å². The van der Waals surface area contributed by atoms with E-state index in [-0.39, 0.29) is 42.0 Å². The molecule has 2 saturated heterocycles. The van der Waals surface area contributed by atoms with E-state index < -0.39 is 12.2 Å². The number of halogens is 4. The van der Waals surface area contributed by atoms with Gasteiger partial charge in [0, 0.05) is 28.1 Å². The summed E-state index contributed by atoms with van der Waals surface area (Å²) in [5.74, 6) is 0. The summed E-state index contributed by atoms with van der Waals surface area (Å²) in [4.78, 5) is 33.9. The van der Waals surface area contributed by atoms with Crippen LogP contribution in [-0.4, -0.2) is 91.1 Å². The summed E-state index contributed by atoms with van der Waals surface area (Å²) in [6, 6.07) is 6.46. The van der Waals surface area contributed by atoms with Gasteiger partial charge in [0.1, 0.15) is 0 Å². The Morgan fingerprint density at radius 1 is 0.837 bits per heavy atom. The summed E-state index contributed by atoms with van der Waals surface area (Å²) in [6.45, 7) is 2.22. The molecule has 2 fully saturated rings. The molecule has 2 aliphatic heterocycles. The van der Waals surface area contributed by atoms with E-state index in [1.807, 2.05) is 0 Å². The summed E-state index contributed by atoms with van der Waals surface area (Å²) in [7, 11) is 1.62. The third kappa shape index (κ3) is 9.67. The average Bonchev–Trinajstić information content (AvgIpc) is 3.07. The van der Waals surface area contributed by atoms with Gasteiger partial charge in [-0.25, -0.2) is 9.97 Å². The molecule has 0 aliphatic carbocycles. The second-order valence-electron chi connectivity index (χ2n) is 12.5. The molecular weight excluding hydrogens is 807 g/mol. The van der Waals surface area contributed by atoms with Crippen molar-refractivity contribution in [2.24, 2.45) is 0 Å². The normalized spacial score (nSPS) is 22.4. The van der Waals surface area contributed by atoms with Crippen molar-refractivity contribution in [3.63, 3.8) is 0 Å². The summed E-state index contributed by atoms with van der Waals surface area (Å²) in [6.07, 6.45) is 5.60. The van der Waals surface area contributed by atoms with Crippen molar-refractivity contribution in [2.75, 3.05) is 20.2 Å². The molecule has 266 valence electrons. The molecule has 0 unspecified atom stereocenters. The van der Waals surface area contributed by atoms with Gasteiger partial charge in [-0.05, 0) is 108 Å². The molecule has 0 spiro atoms. The number of ether oxygens (including phenoxy) is 1. The first-order valence-corrected chi connectivity index (χ1v) is 18.5. The molecule has 49 heavy (non-hydrogen) atoms. The predicted octanol–water partition coefficient (Wildman–Crippen LogP) is 4.01. The highest BCUT2D eigenvalue weighted by Gasteiger charge is 2.27. The highest BCUT2D eigenvalue weighted by Crippen LogP contribution is 2.27. The smallest absolute Gasteiger partial charge is 0.261 e. The summed E-state index contributed by atoms with van der Waals surface area (Å²) in [5.41, 5.74) is 0.742. The lowest BCUT2D eigenvalue weighted by atomic mass is 9.96. The van der Waals surface area contributed by atoms with E-state index in [1.54, 1.807) is 31.4 Å². The van der Waals surface area contributed by atoms with Crippen LogP contribution in [0.5, 0.6) is 0 Å². The van der Waals surface area contributed by atoms with Gasteiger partial charge in [-0.2, -0.15) is 0 Å². The van der Waals surface area contributed by atoms with Gasteiger partial charge in [0.25, 0.3) is 11.1 Å². The number of aliphatic hydroxyl groups is 3. The molecule has 5 N–H and O–H groups in total. The lowest BCUT2D eigenvalue weighted by molar-refractivity contribution is 0.0306.